The Morgan fingerprint density at radius 3 is 2.48 bits per heavy atom. The lowest BCUT2D eigenvalue weighted by Gasteiger charge is -2.12. The van der Waals surface area contributed by atoms with Gasteiger partial charge in [0.25, 0.3) is 0 Å². The smallest absolute Gasteiger partial charge is 0.351 e. The van der Waals surface area contributed by atoms with Gasteiger partial charge in [0.2, 0.25) is 0 Å². The van der Waals surface area contributed by atoms with Gasteiger partial charge in [-0.15, -0.1) is 11.8 Å². The van der Waals surface area contributed by atoms with E-state index in [0.717, 1.165) is 16.9 Å². The minimum atomic E-state index is -0.657. The number of carbonyl (C=O) groups is 1. The average molecular weight is 382 g/mol. The van der Waals surface area contributed by atoms with Crippen molar-refractivity contribution in [3.63, 3.8) is 0 Å². The van der Waals surface area contributed by atoms with Crippen molar-refractivity contribution in [1.29, 1.82) is 5.26 Å². The van der Waals surface area contributed by atoms with Crippen molar-refractivity contribution in [1.82, 2.24) is 5.32 Å². The number of hydrogen-bond donors (Lipinski definition) is 1. The lowest BCUT2D eigenvalue weighted by Crippen LogP contribution is -2.19. The zero-order valence-electron chi connectivity index (χ0n) is 15.4. The molecule has 0 saturated heterocycles. The third kappa shape index (κ3) is 6.39. The van der Waals surface area contributed by atoms with Gasteiger partial charge in [0.1, 0.15) is 25.0 Å². The van der Waals surface area contributed by atoms with E-state index in [-0.39, 0.29) is 18.8 Å². The molecule has 1 N–H and O–H groups in total. The summed E-state index contributed by atoms with van der Waals surface area (Å²) in [6.07, 6.45) is 1.80. The monoisotopic (exact) mass is 382 g/mol. The summed E-state index contributed by atoms with van der Waals surface area (Å²) in [7, 11) is 0. The summed E-state index contributed by atoms with van der Waals surface area (Å²) >= 11 is 1.30. The number of rotatable bonds is 9. The van der Waals surface area contributed by atoms with E-state index in [9.17, 15) is 10.1 Å². The van der Waals surface area contributed by atoms with Crippen molar-refractivity contribution in [2.24, 2.45) is 0 Å². The van der Waals surface area contributed by atoms with E-state index in [0.29, 0.717) is 11.6 Å². The second-order valence-electron chi connectivity index (χ2n) is 5.61. The fourth-order valence-electron chi connectivity index (χ4n) is 2.31. The Balaban J connectivity index is 1.89. The second-order valence-corrected chi connectivity index (χ2v) is 6.43. The van der Waals surface area contributed by atoms with Crippen LogP contribution in [0.1, 0.15) is 11.1 Å². The van der Waals surface area contributed by atoms with Crippen LogP contribution in [0, 0.1) is 18.3 Å². The largest absolute Gasteiger partial charge is 0.490 e. The summed E-state index contributed by atoms with van der Waals surface area (Å²) < 4.78 is 10.8. The Kier molecular flexibility index (Phi) is 8.27. The lowest BCUT2D eigenvalue weighted by atomic mass is 10.2. The van der Waals surface area contributed by atoms with E-state index in [1.54, 1.807) is 6.26 Å². The van der Waals surface area contributed by atoms with Crippen LogP contribution >= 0.6 is 11.8 Å². The van der Waals surface area contributed by atoms with E-state index in [2.05, 4.69) is 5.32 Å². The molecule has 140 valence electrons. The first-order valence-corrected chi connectivity index (χ1v) is 9.70. The van der Waals surface area contributed by atoms with Gasteiger partial charge in [-0.05, 0) is 30.4 Å². The van der Waals surface area contributed by atoms with Gasteiger partial charge < -0.3 is 14.8 Å². The first-order chi connectivity index (χ1) is 13.2. The molecule has 0 amide bonds. The standard InChI is InChI=1S/C21H22N2O3S/c1-16-8-6-7-11-19(16)25-12-13-26-21(24)18(14-22)20(27-2)23-15-17-9-4-3-5-10-17/h3-11,23H,12-13,15H2,1-2H3/b20-18+. The van der Waals surface area contributed by atoms with E-state index in [1.165, 1.54) is 11.8 Å². The highest BCUT2D eigenvalue weighted by molar-refractivity contribution is 8.02. The number of hydrogen-bond acceptors (Lipinski definition) is 6. The molecule has 0 aliphatic heterocycles. The molecule has 0 spiro atoms. The van der Waals surface area contributed by atoms with Crippen LogP contribution in [-0.4, -0.2) is 25.4 Å². The molecule has 0 aliphatic carbocycles. The van der Waals surface area contributed by atoms with Crippen molar-refractivity contribution >= 4 is 17.7 Å². The Morgan fingerprint density at radius 2 is 1.81 bits per heavy atom. The predicted molar refractivity (Wildman–Crippen MR) is 107 cm³/mol. The molecule has 27 heavy (non-hydrogen) atoms. The number of nitrogens with one attached hydrogen (secondary N) is 1. The third-order valence-corrected chi connectivity index (χ3v) is 4.47. The van der Waals surface area contributed by atoms with Gasteiger partial charge in [0.05, 0.1) is 5.03 Å². The molecule has 5 nitrogen and oxygen atoms in total. The minimum absolute atomic E-state index is 0.0330. The molecule has 2 aromatic rings. The zero-order valence-corrected chi connectivity index (χ0v) is 16.2. The molecule has 0 aliphatic rings. The summed E-state index contributed by atoms with van der Waals surface area (Å²) in [5.41, 5.74) is 2.03. The van der Waals surface area contributed by atoms with Crippen LogP contribution in [0.5, 0.6) is 5.75 Å². The van der Waals surface area contributed by atoms with Crippen LogP contribution in [0.3, 0.4) is 0 Å². The molecule has 0 fully saturated rings. The molecule has 0 heterocycles. The van der Waals surface area contributed by atoms with Crippen LogP contribution in [0.15, 0.2) is 65.2 Å². The van der Waals surface area contributed by atoms with E-state index in [1.807, 2.05) is 67.6 Å². The number of nitriles is 1. The van der Waals surface area contributed by atoms with Crippen LogP contribution < -0.4 is 10.1 Å². The molecule has 0 aromatic heterocycles. The summed E-state index contributed by atoms with van der Waals surface area (Å²) in [5.74, 6) is 0.0923. The Bertz CT molecular complexity index is 829. The first-order valence-electron chi connectivity index (χ1n) is 8.47. The van der Waals surface area contributed by atoms with Crippen molar-refractivity contribution < 1.29 is 14.3 Å². The number of para-hydroxylation sites is 1. The number of esters is 1. The summed E-state index contributed by atoms with van der Waals surface area (Å²) in [6.45, 7) is 2.76. The quantitative estimate of drug-likeness (QED) is 0.308. The van der Waals surface area contributed by atoms with E-state index < -0.39 is 5.97 Å². The van der Waals surface area contributed by atoms with Crippen LogP contribution in [0.2, 0.25) is 0 Å². The molecule has 0 atom stereocenters. The molecular formula is C21H22N2O3S. The van der Waals surface area contributed by atoms with Crippen LogP contribution in [-0.2, 0) is 16.1 Å². The van der Waals surface area contributed by atoms with Gasteiger partial charge in [0.15, 0.2) is 5.57 Å². The van der Waals surface area contributed by atoms with Crippen molar-refractivity contribution in [2.45, 2.75) is 13.5 Å². The maximum atomic E-state index is 12.3. The molecule has 0 saturated carbocycles. The molecule has 0 unspecified atom stereocenters. The Labute approximate surface area is 164 Å². The lowest BCUT2D eigenvalue weighted by molar-refractivity contribution is -0.139. The normalized spacial score (nSPS) is 11.1. The third-order valence-electron chi connectivity index (χ3n) is 3.71. The van der Waals surface area contributed by atoms with Gasteiger partial charge in [-0.1, -0.05) is 48.5 Å². The van der Waals surface area contributed by atoms with Crippen LogP contribution in [0.25, 0.3) is 0 Å². The summed E-state index contributed by atoms with van der Waals surface area (Å²) in [4.78, 5) is 12.3. The summed E-state index contributed by atoms with van der Waals surface area (Å²) in [6, 6.07) is 19.3. The highest BCUT2D eigenvalue weighted by Crippen LogP contribution is 2.17. The highest BCUT2D eigenvalue weighted by Gasteiger charge is 2.17. The molecule has 0 bridgehead atoms. The number of ether oxygens (including phenoxy) is 2. The van der Waals surface area contributed by atoms with Gasteiger partial charge in [-0.2, -0.15) is 5.26 Å². The zero-order chi connectivity index (χ0) is 19.5. The molecule has 2 aromatic carbocycles. The van der Waals surface area contributed by atoms with Gasteiger partial charge in [-0.25, -0.2) is 4.79 Å². The van der Waals surface area contributed by atoms with Gasteiger partial charge in [-0.3, -0.25) is 0 Å². The molecule has 0 radical (unpaired) electrons. The SMILES string of the molecule is CS/C(NCc1ccccc1)=C(\C#N)C(=O)OCCOc1ccccc1C. The van der Waals surface area contributed by atoms with E-state index in [4.69, 9.17) is 9.47 Å². The molecular weight excluding hydrogens is 360 g/mol. The number of benzene rings is 2. The molecule has 2 rings (SSSR count). The van der Waals surface area contributed by atoms with Crippen LogP contribution in [0.4, 0.5) is 0 Å². The van der Waals surface area contributed by atoms with Crippen molar-refractivity contribution in [3.05, 3.63) is 76.3 Å². The molecule has 6 heteroatoms. The average Bonchev–Trinajstić information content (AvgIpc) is 2.70. The first kappa shape index (κ1) is 20.4. The highest BCUT2D eigenvalue weighted by atomic mass is 32.2. The number of thioether (sulfide) groups is 1. The maximum absolute atomic E-state index is 12.3. The Hall–Kier alpha value is -2.91. The predicted octanol–water partition coefficient (Wildman–Crippen LogP) is 3.81. The number of aryl methyl sites for hydroxylation is 1. The number of nitrogens with zero attached hydrogens (tertiary/aromatic N) is 1. The Morgan fingerprint density at radius 1 is 1.11 bits per heavy atom. The van der Waals surface area contributed by atoms with Crippen molar-refractivity contribution in [2.75, 3.05) is 19.5 Å². The topological polar surface area (TPSA) is 71.4 Å². The fraction of sp³-hybridized carbons (Fsp3) is 0.238. The van der Waals surface area contributed by atoms with Gasteiger partial charge in [0, 0.05) is 6.54 Å². The van der Waals surface area contributed by atoms with E-state index >= 15 is 0 Å². The second kappa shape index (κ2) is 10.9. The minimum Gasteiger partial charge on any atom is -0.490 e. The summed E-state index contributed by atoms with van der Waals surface area (Å²) in [5, 5.41) is 13.0. The maximum Gasteiger partial charge on any atom is 0.351 e. The number of carbonyl (C=O) groups excluding carboxylic acids is 1. The van der Waals surface area contributed by atoms with Gasteiger partial charge >= 0.3 is 5.97 Å². The fourth-order valence-corrected chi connectivity index (χ4v) is 2.86. The van der Waals surface area contributed by atoms with Crippen molar-refractivity contribution in [3.8, 4) is 11.8 Å².